The van der Waals surface area contributed by atoms with Crippen molar-refractivity contribution in [1.29, 1.82) is 0 Å². The van der Waals surface area contributed by atoms with Gasteiger partial charge in [0.1, 0.15) is 13.1 Å². The third-order valence-electron chi connectivity index (χ3n) is 4.90. The Hall–Kier alpha value is -1.57. The summed E-state index contributed by atoms with van der Waals surface area (Å²) in [5.41, 5.74) is 2.56. The van der Waals surface area contributed by atoms with E-state index >= 15 is 0 Å². The second-order valence-electron chi connectivity index (χ2n) is 6.48. The smallest absolute Gasteiger partial charge is 0.209 e. The van der Waals surface area contributed by atoms with Crippen molar-refractivity contribution in [3.05, 3.63) is 57.9 Å². The van der Waals surface area contributed by atoms with E-state index in [1.807, 2.05) is 17.5 Å². The molecule has 1 aliphatic rings. The SMILES string of the molecule is Cc1c(-c2cnc([N+]3(O)CCc4sccc4C3)s2)sc2ccccc12. The van der Waals surface area contributed by atoms with Crippen molar-refractivity contribution in [2.24, 2.45) is 0 Å². The van der Waals surface area contributed by atoms with Crippen molar-refractivity contribution in [2.75, 3.05) is 6.54 Å². The van der Waals surface area contributed by atoms with Crippen LogP contribution in [0.15, 0.2) is 41.9 Å². The Kier molecular flexibility index (Phi) is 3.59. The lowest BCUT2D eigenvalue weighted by Crippen LogP contribution is -2.48. The topological polar surface area (TPSA) is 33.1 Å². The van der Waals surface area contributed by atoms with E-state index in [0.717, 1.165) is 16.4 Å². The van der Waals surface area contributed by atoms with Crippen LogP contribution in [0.25, 0.3) is 19.8 Å². The fraction of sp³-hybridized carbons (Fsp3) is 0.211. The summed E-state index contributed by atoms with van der Waals surface area (Å²) in [6.45, 7) is 3.50. The van der Waals surface area contributed by atoms with E-state index in [0.29, 0.717) is 13.1 Å². The molecule has 0 aliphatic carbocycles. The summed E-state index contributed by atoms with van der Waals surface area (Å²) in [6.07, 6.45) is 2.84. The second kappa shape index (κ2) is 5.72. The highest BCUT2D eigenvalue weighted by atomic mass is 32.1. The van der Waals surface area contributed by atoms with Gasteiger partial charge < -0.3 is 0 Å². The Morgan fingerprint density at radius 1 is 1.16 bits per heavy atom. The molecule has 0 fully saturated rings. The zero-order chi connectivity index (χ0) is 17.0. The Labute approximate surface area is 158 Å². The molecule has 0 radical (unpaired) electrons. The van der Waals surface area contributed by atoms with Gasteiger partial charge in [-0.1, -0.05) is 29.5 Å². The van der Waals surface area contributed by atoms with Crippen LogP contribution in [0.2, 0.25) is 0 Å². The molecule has 1 N–H and O–H groups in total. The molecule has 6 heteroatoms. The van der Waals surface area contributed by atoms with E-state index in [9.17, 15) is 5.21 Å². The fourth-order valence-corrected chi connectivity index (χ4v) is 6.74. The zero-order valence-electron chi connectivity index (χ0n) is 13.7. The van der Waals surface area contributed by atoms with Gasteiger partial charge in [0.25, 0.3) is 0 Å². The number of rotatable bonds is 2. The minimum atomic E-state index is -0.0711. The van der Waals surface area contributed by atoms with Crippen molar-refractivity contribution >= 4 is 49.2 Å². The minimum absolute atomic E-state index is 0.0711. The summed E-state index contributed by atoms with van der Waals surface area (Å²) >= 11 is 5.22. The van der Waals surface area contributed by atoms with E-state index in [1.165, 1.54) is 31.0 Å². The molecule has 1 aromatic carbocycles. The zero-order valence-corrected chi connectivity index (χ0v) is 16.2. The van der Waals surface area contributed by atoms with Crippen LogP contribution in [0.1, 0.15) is 16.0 Å². The highest BCUT2D eigenvalue weighted by Crippen LogP contribution is 2.43. The van der Waals surface area contributed by atoms with Gasteiger partial charge in [0, 0.05) is 21.6 Å². The molecule has 0 saturated carbocycles. The largest absolute Gasteiger partial charge is 0.319 e. The number of thiazole rings is 1. The van der Waals surface area contributed by atoms with Gasteiger partial charge in [-0.15, -0.1) is 27.3 Å². The number of thiophene rings is 2. The van der Waals surface area contributed by atoms with Crippen LogP contribution in [0.4, 0.5) is 5.13 Å². The first-order chi connectivity index (χ1) is 12.1. The van der Waals surface area contributed by atoms with E-state index < -0.39 is 0 Å². The number of nitrogens with zero attached hydrogens (tertiary/aromatic N) is 2. The maximum Gasteiger partial charge on any atom is 0.319 e. The Morgan fingerprint density at radius 2 is 2.04 bits per heavy atom. The first-order valence-corrected chi connectivity index (χ1v) is 10.8. The van der Waals surface area contributed by atoms with E-state index in [4.69, 9.17) is 0 Å². The molecule has 3 aromatic heterocycles. The molecule has 1 aliphatic heterocycles. The molecule has 4 heterocycles. The van der Waals surface area contributed by atoms with E-state index in [-0.39, 0.29) is 4.65 Å². The highest BCUT2D eigenvalue weighted by Gasteiger charge is 2.38. The lowest BCUT2D eigenvalue weighted by molar-refractivity contribution is -0.0916. The number of hydrogen-bond donors (Lipinski definition) is 1. The van der Waals surface area contributed by atoms with E-state index in [1.54, 1.807) is 22.7 Å². The normalized spacial score (nSPS) is 20.1. The van der Waals surface area contributed by atoms with Crippen LogP contribution in [0.3, 0.4) is 0 Å². The van der Waals surface area contributed by atoms with Crippen LogP contribution in [-0.4, -0.2) is 16.7 Å². The first kappa shape index (κ1) is 15.7. The summed E-state index contributed by atoms with van der Waals surface area (Å²) < 4.78 is 1.23. The van der Waals surface area contributed by atoms with Gasteiger partial charge in [0.15, 0.2) is 0 Å². The first-order valence-electron chi connectivity index (χ1n) is 8.24. The lowest BCUT2D eigenvalue weighted by Gasteiger charge is -2.30. The number of benzene rings is 1. The maximum absolute atomic E-state index is 11.2. The van der Waals surface area contributed by atoms with Gasteiger partial charge in [-0.2, -0.15) is 4.98 Å². The molecule has 126 valence electrons. The molecule has 0 amide bonds. The molecule has 1 atom stereocenters. The van der Waals surface area contributed by atoms with Gasteiger partial charge in [0.2, 0.25) is 0 Å². The van der Waals surface area contributed by atoms with Crippen LogP contribution >= 0.6 is 34.0 Å². The highest BCUT2D eigenvalue weighted by molar-refractivity contribution is 7.27. The van der Waals surface area contributed by atoms with Crippen LogP contribution in [-0.2, 0) is 13.0 Å². The van der Waals surface area contributed by atoms with Gasteiger partial charge in [0.05, 0.1) is 16.0 Å². The number of hydrogen-bond acceptors (Lipinski definition) is 5. The monoisotopic (exact) mass is 385 g/mol. The fourth-order valence-electron chi connectivity index (χ4n) is 3.51. The second-order valence-corrected chi connectivity index (χ2v) is 9.54. The maximum atomic E-state index is 11.2. The number of quaternary nitrogens is 1. The summed E-state index contributed by atoms with van der Waals surface area (Å²) in [5.74, 6) is 0. The van der Waals surface area contributed by atoms with Crippen molar-refractivity contribution in [2.45, 2.75) is 19.9 Å². The third-order valence-corrected chi connectivity index (χ3v) is 8.51. The Morgan fingerprint density at radius 3 is 2.92 bits per heavy atom. The molecule has 0 saturated heterocycles. The lowest BCUT2D eigenvalue weighted by atomic mass is 10.1. The average molecular weight is 386 g/mol. The molecule has 0 spiro atoms. The number of hydroxylamine groups is 2. The molecule has 1 unspecified atom stereocenters. The molecule has 3 nitrogen and oxygen atoms in total. The van der Waals surface area contributed by atoms with Gasteiger partial charge in [-0.25, -0.2) is 5.21 Å². The summed E-state index contributed by atoms with van der Waals surface area (Å²) in [5, 5.41) is 15.4. The predicted octanol–water partition coefficient (Wildman–Crippen LogP) is 5.85. The molecular weight excluding hydrogens is 368 g/mol. The quantitative estimate of drug-likeness (QED) is 0.439. The van der Waals surface area contributed by atoms with E-state index in [2.05, 4.69) is 47.6 Å². The third kappa shape index (κ3) is 2.48. The molecular formula is C19H17N2OS3+. The van der Waals surface area contributed by atoms with Crippen molar-refractivity contribution in [1.82, 2.24) is 9.63 Å². The average Bonchev–Trinajstić information content (AvgIpc) is 3.33. The number of aromatic nitrogens is 1. The summed E-state index contributed by atoms with van der Waals surface area (Å²) in [4.78, 5) is 8.43. The van der Waals surface area contributed by atoms with Crippen molar-refractivity contribution < 1.29 is 5.21 Å². The predicted molar refractivity (Wildman–Crippen MR) is 108 cm³/mol. The number of fused-ring (bicyclic) bond motifs is 2. The summed E-state index contributed by atoms with van der Waals surface area (Å²) in [7, 11) is 0. The van der Waals surface area contributed by atoms with Gasteiger partial charge in [-0.3, -0.25) is 0 Å². The van der Waals surface area contributed by atoms with Crippen LogP contribution < -0.4 is 4.65 Å². The molecule has 5 rings (SSSR count). The molecule has 25 heavy (non-hydrogen) atoms. The molecule has 4 aromatic rings. The van der Waals surface area contributed by atoms with Crippen molar-refractivity contribution in [3.8, 4) is 9.75 Å². The minimum Gasteiger partial charge on any atom is -0.209 e. The van der Waals surface area contributed by atoms with Crippen LogP contribution in [0.5, 0.6) is 0 Å². The standard InChI is InChI=1S/C19H17N2OS3/c1-12-14-4-2-3-5-16(14)24-18(12)17-10-20-19(25-17)21(22)8-6-15-13(11-21)7-9-23-15/h2-5,7,9-10,22H,6,8,11H2,1H3/q+1. The van der Waals surface area contributed by atoms with Crippen molar-refractivity contribution in [3.63, 3.8) is 0 Å². The Bertz CT molecular complexity index is 1080. The van der Waals surface area contributed by atoms with Gasteiger partial charge >= 0.3 is 5.13 Å². The Balaban J connectivity index is 1.54. The van der Waals surface area contributed by atoms with Crippen LogP contribution in [0, 0.1) is 6.92 Å². The molecule has 0 bridgehead atoms. The van der Waals surface area contributed by atoms with Gasteiger partial charge in [-0.05, 0) is 35.4 Å². The summed E-state index contributed by atoms with van der Waals surface area (Å²) in [6, 6.07) is 10.6. The number of aryl methyl sites for hydroxylation is 1.